The third-order valence-electron chi connectivity index (χ3n) is 4.27. The van der Waals surface area contributed by atoms with Crippen LogP contribution in [0.15, 0.2) is 0 Å². The smallest absolute Gasteiger partial charge is 0.229 e. The van der Waals surface area contributed by atoms with Crippen molar-refractivity contribution in [2.75, 3.05) is 25.2 Å². The fraction of sp³-hybridized carbons (Fsp3) is 0.714. The maximum absolute atomic E-state index is 12.4. The minimum atomic E-state index is -0.309. The molecule has 0 spiro atoms. The first kappa shape index (κ1) is 15.4. The van der Waals surface area contributed by atoms with E-state index in [1.54, 1.807) is 12.0 Å². The normalized spacial score (nSPS) is 22.9. The van der Waals surface area contributed by atoms with Crippen LogP contribution in [0.5, 0.6) is 0 Å². The van der Waals surface area contributed by atoms with E-state index in [4.69, 9.17) is 4.74 Å². The highest BCUT2D eigenvalue weighted by molar-refractivity contribution is 7.15. The minimum Gasteiger partial charge on any atom is -0.385 e. The lowest BCUT2D eigenvalue weighted by Crippen LogP contribution is -2.42. The fourth-order valence-corrected chi connectivity index (χ4v) is 3.43. The number of carbonyl (C=O) groups excluding carboxylic acids is 2. The molecule has 22 heavy (non-hydrogen) atoms. The minimum absolute atomic E-state index is 0.0364. The molecule has 0 bridgehead atoms. The summed E-state index contributed by atoms with van der Waals surface area (Å²) in [5.41, 5.74) is -0.108. The number of aromatic nitrogens is 2. The van der Waals surface area contributed by atoms with Crippen LogP contribution in [0.3, 0.4) is 0 Å². The molecular weight excluding hydrogens is 304 g/mol. The van der Waals surface area contributed by atoms with E-state index in [0.29, 0.717) is 18.3 Å². The molecule has 1 aliphatic heterocycles. The van der Waals surface area contributed by atoms with E-state index in [-0.39, 0.29) is 29.7 Å². The Morgan fingerprint density at radius 1 is 1.50 bits per heavy atom. The van der Waals surface area contributed by atoms with Crippen molar-refractivity contribution in [1.29, 1.82) is 0 Å². The SMILES string of the molecule is COCCC1(NC(=O)C2CC(=O)N(c3nnc(C)s3)C2)CC1. The predicted octanol–water partition coefficient (Wildman–Crippen LogP) is 0.885. The highest BCUT2D eigenvalue weighted by Crippen LogP contribution is 2.39. The summed E-state index contributed by atoms with van der Waals surface area (Å²) in [4.78, 5) is 26.1. The number of ether oxygens (including phenoxy) is 1. The average molecular weight is 324 g/mol. The zero-order valence-corrected chi connectivity index (χ0v) is 13.6. The van der Waals surface area contributed by atoms with Gasteiger partial charge < -0.3 is 10.1 Å². The second-order valence-electron chi connectivity index (χ2n) is 6.02. The molecule has 8 heteroatoms. The lowest BCUT2D eigenvalue weighted by Gasteiger charge is -2.19. The number of methoxy groups -OCH3 is 1. The van der Waals surface area contributed by atoms with E-state index < -0.39 is 0 Å². The maximum atomic E-state index is 12.4. The topological polar surface area (TPSA) is 84.4 Å². The first-order valence-corrected chi connectivity index (χ1v) is 8.26. The van der Waals surface area contributed by atoms with E-state index in [1.807, 2.05) is 6.92 Å². The van der Waals surface area contributed by atoms with Crippen LogP contribution in [0.4, 0.5) is 5.13 Å². The summed E-state index contributed by atoms with van der Waals surface area (Å²) in [7, 11) is 1.66. The van der Waals surface area contributed by atoms with Crippen LogP contribution in [-0.2, 0) is 14.3 Å². The number of hydrogen-bond donors (Lipinski definition) is 1. The molecule has 2 heterocycles. The van der Waals surface area contributed by atoms with Gasteiger partial charge in [0.15, 0.2) is 0 Å². The summed E-state index contributed by atoms with van der Waals surface area (Å²) in [5.74, 6) is -0.402. The number of aryl methyl sites for hydroxylation is 1. The van der Waals surface area contributed by atoms with Gasteiger partial charge in [-0.25, -0.2) is 0 Å². The van der Waals surface area contributed by atoms with Crippen molar-refractivity contribution in [3.05, 3.63) is 5.01 Å². The quantitative estimate of drug-likeness (QED) is 0.840. The van der Waals surface area contributed by atoms with Crippen LogP contribution in [0.1, 0.15) is 30.7 Å². The summed E-state index contributed by atoms with van der Waals surface area (Å²) in [5, 5.41) is 12.4. The Balaban J connectivity index is 1.59. The number of nitrogens with one attached hydrogen (secondary N) is 1. The summed E-state index contributed by atoms with van der Waals surface area (Å²) >= 11 is 1.37. The fourth-order valence-electron chi connectivity index (χ4n) is 2.71. The maximum Gasteiger partial charge on any atom is 0.229 e. The van der Waals surface area contributed by atoms with Gasteiger partial charge in [0.2, 0.25) is 16.9 Å². The standard InChI is InChI=1S/C14H20N4O3S/c1-9-16-17-13(22-9)18-8-10(7-11(18)19)12(20)15-14(3-4-14)5-6-21-2/h10H,3-8H2,1-2H3,(H,15,20). The molecule has 0 radical (unpaired) electrons. The van der Waals surface area contributed by atoms with Crippen LogP contribution in [0.2, 0.25) is 0 Å². The van der Waals surface area contributed by atoms with E-state index in [0.717, 1.165) is 24.3 Å². The van der Waals surface area contributed by atoms with Crippen LogP contribution in [0.25, 0.3) is 0 Å². The zero-order valence-electron chi connectivity index (χ0n) is 12.8. The largest absolute Gasteiger partial charge is 0.385 e. The van der Waals surface area contributed by atoms with Gasteiger partial charge in [-0.15, -0.1) is 10.2 Å². The number of carbonyl (C=O) groups is 2. The third-order valence-corrected chi connectivity index (χ3v) is 5.13. The van der Waals surface area contributed by atoms with Crippen molar-refractivity contribution < 1.29 is 14.3 Å². The van der Waals surface area contributed by atoms with Gasteiger partial charge in [-0.3, -0.25) is 14.5 Å². The van der Waals surface area contributed by atoms with E-state index >= 15 is 0 Å². The van der Waals surface area contributed by atoms with Crippen molar-refractivity contribution in [3.8, 4) is 0 Å². The summed E-state index contributed by atoms with van der Waals surface area (Å²) in [6.45, 7) is 2.87. The van der Waals surface area contributed by atoms with Crippen molar-refractivity contribution in [1.82, 2.24) is 15.5 Å². The predicted molar refractivity (Wildman–Crippen MR) is 81.7 cm³/mol. The van der Waals surface area contributed by atoms with Gasteiger partial charge in [-0.1, -0.05) is 11.3 Å². The molecule has 120 valence electrons. The lowest BCUT2D eigenvalue weighted by molar-refractivity contribution is -0.127. The van der Waals surface area contributed by atoms with Crippen LogP contribution in [-0.4, -0.2) is 47.8 Å². The zero-order chi connectivity index (χ0) is 15.7. The van der Waals surface area contributed by atoms with Crippen LogP contribution >= 0.6 is 11.3 Å². The summed E-state index contributed by atoms with van der Waals surface area (Å²) < 4.78 is 5.09. The molecule has 1 unspecified atom stereocenters. The highest BCUT2D eigenvalue weighted by atomic mass is 32.1. The first-order valence-electron chi connectivity index (χ1n) is 7.44. The second kappa shape index (κ2) is 5.92. The van der Waals surface area contributed by atoms with Gasteiger partial charge in [-0.05, 0) is 26.2 Å². The van der Waals surface area contributed by atoms with Gasteiger partial charge in [0, 0.05) is 32.2 Å². The number of rotatable bonds is 6. The second-order valence-corrected chi connectivity index (χ2v) is 7.18. The van der Waals surface area contributed by atoms with Gasteiger partial charge >= 0.3 is 0 Å². The number of amides is 2. The Kier molecular flexibility index (Phi) is 4.14. The van der Waals surface area contributed by atoms with E-state index in [2.05, 4.69) is 15.5 Å². The Morgan fingerprint density at radius 2 is 2.27 bits per heavy atom. The Labute approximate surface area is 133 Å². The average Bonchev–Trinajstić information content (AvgIpc) is 2.91. The molecule has 1 N–H and O–H groups in total. The molecule has 2 fully saturated rings. The number of hydrogen-bond acceptors (Lipinski definition) is 6. The lowest BCUT2D eigenvalue weighted by atomic mass is 10.1. The molecule has 1 aromatic rings. The number of anilines is 1. The van der Waals surface area contributed by atoms with E-state index in [9.17, 15) is 9.59 Å². The molecule has 7 nitrogen and oxygen atoms in total. The molecule has 1 saturated heterocycles. The van der Waals surface area contributed by atoms with Crippen molar-refractivity contribution in [2.45, 2.75) is 38.1 Å². The Hall–Kier alpha value is -1.54. The molecule has 2 amide bonds. The summed E-state index contributed by atoms with van der Waals surface area (Å²) in [6, 6.07) is 0. The van der Waals surface area contributed by atoms with Crippen molar-refractivity contribution >= 4 is 28.3 Å². The van der Waals surface area contributed by atoms with Crippen LogP contribution < -0.4 is 10.2 Å². The number of nitrogens with zero attached hydrogens (tertiary/aromatic N) is 3. The first-order chi connectivity index (χ1) is 10.5. The molecule has 2 aliphatic rings. The van der Waals surface area contributed by atoms with Gasteiger partial charge in [0.1, 0.15) is 5.01 Å². The Morgan fingerprint density at radius 3 is 2.86 bits per heavy atom. The molecule has 0 aromatic carbocycles. The van der Waals surface area contributed by atoms with Crippen molar-refractivity contribution in [3.63, 3.8) is 0 Å². The molecule has 1 atom stereocenters. The monoisotopic (exact) mass is 324 g/mol. The third kappa shape index (κ3) is 3.12. The van der Waals surface area contributed by atoms with Crippen molar-refractivity contribution in [2.24, 2.45) is 5.92 Å². The highest BCUT2D eigenvalue weighted by Gasteiger charge is 2.46. The molecule has 1 aliphatic carbocycles. The van der Waals surface area contributed by atoms with Gasteiger partial charge in [0.05, 0.1) is 5.92 Å². The van der Waals surface area contributed by atoms with Crippen LogP contribution in [0, 0.1) is 12.8 Å². The molecule has 1 saturated carbocycles. The molecular formula is C14H20N4O3S. The summed E-state index contributed by atoms with van der Waals surface area (Å²) in [6.07, 6.45) is 3.05. The molecule has 3 rings (SSSR count). The van der Waals surface area contributed by atoms with E-state index in [1.165, 1.54) is 11.3 Å². The van der Waals surface area contributed by atoms with Gasteiger partial charge in [-0.2, -0.15) is 0 Å². The molecule has 1 aromatic heterocycles. The Bertz CT molecular complexity index is 584. The van der Waals surface area contributed by atoms with Gasteiger partial charge in [0.25, 0.3) is 0 Å².